The van der Waals surface area contributed by atoms with Crippen molar-refractivity contribution in [2.75, 3.05) is 0 Å². The molecule has 0 bridgehead atoms. The summed E-state index contributed by atoms with van der Waals surface area (Å²) in [7, 11) is 0. The van der Waals surface area contributed by atoms with E-state index in [1.165, 1.54) is 0 Å². The van der Waals surface area contributed by atoms with Crippen LogP contribution in [0.4, 0.5) is 0 Å². The Morgan fingerprint density at radius 3 is 2.77 bits per heavy atom. The fourth-order valence-electron chi connectivity index (χ4n) is 0.988. The molecule has 1 unspecified atom stereocenters. The molecule has 72 valence electrons. The molecular weight excluding hydrogens is 373 g/mol. The van der Waals surface area contributed by atoms with Gasteiger partial charge in [0.15, 0.2) is 0 Å². The summed E-state index contributed by atoms with van der Waals surface area (Å²) in [5.74, 6) is -1.35. The Balaban J connectivity index is 3.04. The van der Waals surface area contributed by atoms with E-state index in [2.05, 4.69) is 20.9 Å². The molecule has 1 rings (SSSR count). The van der Waals surface area contributed by atoms with Gasteiger partial charge in [-0.25, -0.2) is 0 Å². The molecule has 1 aromatic rings. The van der Waals surface area contributed by atoms with Gasteiger partial charge in [0.05, 0.1) is 0 Å². The van der Waals surface area contributed by atoms with E-state index >= 15 is 0 Å². The van der Waals surface area contributed by atoms with Crippen molar-refractivity contribution in [2.45, 2.75) is 19.3 Å². The van der Waals surface area contributed by atoms with E-state index in [4.69, 9.17) is 16.7 Å². The van der Waals surface area contributed by atoms with Crippen LogP contribution in [0.15, 0.2) is 2.49 Å². The quantitative estimate of drug-likeness (QED) is 0.818. The Morgan fingerprint density at radius 2 is 2.46 bits per heavy atom. The summed E-state index contributed by atoms with van der Waals surface area (Å²) in [6.45, 7) is 1.83. The number of rotatable bonds is 3. The number of carbonyl (C=O) groups is 1. The van der Waals surface area contributed by atoms with E-state index in [1.807, 2.05) is 6.92 Å². The third kappa shape index (κ3) is 2.69. The van der Waals surface area contributed by atoms with Gasteiger partial charge in [-0.3, -0.25) is 0 Å². The third-order valence-electron chi connectivity index (χ3n) is 1.62. The molecule has 1 atom stereocenters. The van der Waals surface area contributed by atoms with Gasteiger partial charge in [0.2, 0.25) is 0 Å². The monoisotopic (exact) mass is 381 g/mol. The van der Waals surface area contributed by atoms with Crippen LogP contribution in [0, 0.1) is 0 Å². The molecule has 0 radical (unpaired) electrons. The van der Waals surface area contributed by atoms with Gasteiger partial charge in [-0.2, -0.15) is 0 Å². The molecule has 6 heteroatoms. The van der Waals surface area contributed by atoms with Crippen molar-refractivity contribution < 1.29 is 9.90 Å². The molecule has 1 heterocycles. The van der Waals surface area contributed by atoms with Crippen molar-refractivity contribution in [3.63, 3.8) is 0 Å². The second-order valence-electron chi connectivity index (χ2n) is 2.42. The average Bonchev–Trinajstić information content (AvgIpc) is 2.31. The molecule has 1 N–H and O–H groups in total. The summed E-state index contributed by atoms with van der Waals surface area (Å²) in [6, 6.07) is 0. The molecule has 0 spiro atoms. The fourth-order valence-corrected chi connectivity index (χ4v) is 5.28. The van der Waals surface area contributed by atoms with Crippen LogP contribution in [0.1, 0.15) is 25.0 Å². The zero-order valence-corrected chi connectivity index (χ0v) is 11.4. The molecule has 3 nitrogen and oxygen atoms in total. The summed E-state index contributed by atoms with van der Waals surface area (Å²) in [6.07, 6.45) is 0.542. The first-order chi connectivity index (χ1) is 6.06. The van der Waals surface area contributed by atoms with Gasteiger partial charge in [0, 0.05) is 0 Å². The predicted molar refractivity (Wildman–Crippen MR) is 54.6 cm³/mol. The Morgan fingerprint density at radius 1 is 1.85 bits per heavy atom. The summed E-state index contributed by atoms with van der Waals surface area (Å²) in [4.78, 5) is 14.9. The zero-order valence-electron chi connectivity index (χ0n) is 6.75. The van der Waals surface area contributed by atoms with E-state index < -0.39 is 32.3 Å². The average molecular weight is 380 g/mol. The van der Waals surface area contributed by atoms with Gasteiger partial charge in [0.1, 0.15) is 0 Å². The second-order valence-corrected chi connectivity index (χ2v) is 8.76. The maximum atomic E-state index is 10.8. The number of hydrogen-bond donors (Lipinski definition) is 1. The summed E-state index contributed by atoms with van der Waals surface area (Å²) in [5, 5.41) is 8.88. The van der Waals surface area contributed by atoms with E-state index in [0.717, 1.165) is 2.49 Å². The Bertz CT molecular complexity index is 328. The van der Waals surface area contributed by atoms with Gasteiger partial charge in [-0.15, -0.1) is 0 Å². The number of nitrogens with zero attached hydrogens (tertiary/aromatic N) is 1. The van der Waals surface area contributed by atoms with Crippen LogP contribution in [-0.2, 0) is 4.79 Å². The standard InChI is InChI=1S/C7H7BrClNO2Te/c1-2-3(6(11)12)4-5(8)13-7(9)10-4/h3H,2H2,1H3,(H,11,12). The van der Waals surface area contributed by atoms with Gasteiger partial charge < -0.3 is 0 Å². The first-order valence-electron chi connectivity index (χ1n) is 3.60. The molecule has 13 heavy (non-hydrogen) atoms. The molecule has 0 saturated carbocycles. The maximum absolute atomic E-state index is 10.8. The molecule has 0 aliphatic rings. The summed E-state index contributed by atoms with van der Waals surface area (Å²) < 4.78 is 1.49. The molecule has 0 saturated heterocycles. The first-order valence-corrected chi connectivity index (χ1v) is 7.11. The molecule has 1 aromatic heterocycles. The Labute approximate surface area is 98.9 Å². The number of halogens is 2. The van der Waals surface area contributed by atoms with E-state index in [0.29, 0.717) is 15.3 Å². The van der Waals surface area contributed by atoms with Crippen LogP contribution in [0.2, 0.25) is 3.17 Å². The molecule has 0 aliphatic carbocycles. The fraction of sp³-hybridized carbons (Fsp3) is 0.429. The second kappa shape index (κ2) is 4.79. The van der Waals surface area contributed by atoms with Crippen molar-refractivity contribution in [1.82, 2.24) is 4.98 Å². The van der Waals surface area contributed by atoms with Crippen molar-refractivity contribution in [3.05, 3.63) is 11.4 Å². The number of hydrogen-bond acceptors (Lipinski definition) is 2. The van der Waals surface area contributed by atoms with Crippen molar-refractivity contribution in [3.8, 4) is 0 Å². The van der Waals surface area contributed by atoms with Gasteiger partial charge in [0.25, 0.3) is 0 Å². The van der Waals surface area contributed by atoms with Crippen LogP contribution in [0.25, 0.3) is 0 Å². The molecule has 0 amide bonds. The third-order valence-corrected chi connectivity index (χ3v) is 5.56. The van der Waals surface area contributed by atoms with Crippen LogP contribution >= 0.6 is 27.5 Å². The van der Waals surface area contributed by atoms with Crippen LogP contribution in [0.3, 0.4) is 0 Å². The zero-order chi connectivity index (χ0) is 10.0. The van der Waals surface area contributed by atoms with Crippen LogP contribution in [0.5, 0.6) is 0 Å². The molecule has 0 fully saturated rings. The van der Waals surface area contributed by atoms with Crippen LogP contribution in [-0.4, -0.2) is 36.5 Å². The van der Waals surface area contributed by atoms with Gasteiger partial charge in [-0.1, -0.05) is 0 Å². The number of carboxylic acids is 1. The van der Waals surface area contributed by atoms with Crippen molar-refractivity contribution >= 4 is 53.9 Å². The normalized spacial score (nSPS) is 12.8. The van der Waals surface area contributed by atoms with Crippen molar-refractivity contribution in [2.24, 2.45) is 0 Å². The molecule has 0 aliphatic heterocycles. The Kier molecular flexibility index (Phi) is 4.24. The summed E-state index contributed by atoms with van der Waals surface area (Å²) >= 11 is 8.47. The van der Waals surface area contributed by atoms with E-state index in [-0.39, 0.29) is 0 Å². The minimum atomic E-state index is -0.836. The van der Waals surface area contributed by atoms with Gasteiger partial charge >= 0.3 is 99.4 Å². The van der Waals surface area contributed by atoms with E-state index in [9.17, 15) is 4.79 Å². The first kappa shape index (κ1) is 11.5. The minimum absolute atomic E-state index is 0.518. The summed E-state index contributed by atoms with van der Waals surface area (Å²) in [5.41, 5.74) is 0.613. The SMILES string of the molecule is CCC(C(=O)O)c1nc(Cl)[te]c1Br. The van der Waals surface area contributed by atoms with Crippen LogP contribution < -0.4 is 0 Å². The Hall–Kier alpha value is 0.440. The van der Waals surface area contributed by atoms with Gasteiger partial charge in [-0.05, 0) is 0 Å². The topological polar surface area (TPSA) is 50.2 Å². The molecule has 0 aromatic carbocycles. The molecular formula is C7H7BrClNO2Te. The predicted octanol–water partition coefficient (Wildman–Crippen LogP) is 2.13. The van der Waals surface area contributed by atoms with E-state index in [1.54, 1.807) is 0 Å². The number of aliphatic carboxylic acids is 1. The number of aromatic nitrogens is 1. The van der Waals surface area contributed by atoms with Crippen molar-refractivity contribution in [1.29, 1.82) is 0 Å². The number of carboxylic acid groups (broad SMARTS) is 1.